The molecule has 20 heavy (non-hydrogen) atoms. The average molecular weight is 279 g/mol. The van der Waals surface area contributed by atoms with Gasteiger partial charge in [-0.3, -0.25) is 0 Å². The van der Waals surface area contributed by atoms with Crippen LogP contribution >= 0.6 is 0 Å². The molecular weight excluding hydrogens is 254 g/mol. The van der Waals surface area contributed by atoms with Crippen molar-refractivity contribution in [1.82, 2.24) is 5.32 Å². The van der Waals surface area contributed by atoms with Gasteiger partial charge in [0.25, 0.3) is 0 Å². The molecule has 2 rings (SSSR count). The van der Waals surface area contributed by atoms with Gasteiger partial charge in [0, 0.05) is 24.1 Å². The van der Waals surface area contributed by atoms with Crippen molar-refractivity contribution >= 4 is 0 Å². The van der Waals surface area contributed by atoms with Gasteiger partial charge in [-0.2, -0.15) is 0 Å². The molecule has 1 aliphatic heterocycles. The molecule has 0 radical (unpaired) electrons. The monoisotopic (exact) mass is 279 g/mol. The topological polar surface area (TPSA) is 50.7 Å². The van der Waals surface area contributed by atoms with Crippen LogP contribution in [-0.2, 0) is 0 Å². The lowest BCUT2D eigenvalue weighted by molar-refractivity contribution is 0.0559. The molecule has 2 N–H and O–H groups in total. The third-order valence-corrected chi connectivity index (χ3v) is 3.79. The fraction of sp³-hybridized carbons (Fsp3) is 0.625. The van der Waals surface area contributed by atoms with Gasteiger partial charge in [0.05, 0.1) is 6.10 Å². The summed E-state index contributed by atoms with van der Waals surface area (Å²) in [6.45, 7) is 7.75. The summed E-state index contributed by atoms with van der Waals surface area (Å²) in [5.74, 6) is 1.58. The maximum Gasteiger partial charge on any atom is 0.128 e. The molecule has 0 fully saturated rings. The summed E-state index contributed by atoms with van der Waals surface area (Å²) in [5, 5.41) is 12.9. The zero-order chi connectivity index (χ0) is 14.9. The molecule has 1 aliphatic rings. The molecule has 1 aromatic carbocycles. The quantitative estimate of drug-likeness (QED) is 0.889. The zero-order valence-electron chi connectivity index (χ0n) is 12.9. The van der Waals surface area contributed by atoms with Gasteiger partial charge in [-0.1, -0.05) is 6.07 Å². The van der Waals surface area contributed by atoms with Crippen molar-refractivity contribution in [2.75, 3.05) is 7.05 Å². The minimum Gasteiger partial charge on any atom is -0.488 e. The first-order chi connectivity index (χ1) is 9.32. The molecule has 0 saturated heterocycles. The number of ether oxygens (including phenoxy) is 2. The van der Waals surface area contributed by atoms with E-state index in [0.29, 0.717) is 0 Å². The smallest absolute Gasteiger partial charge is 0.128 e. The Morgan fingerprint density at radius 2 is 2.10 bits per heavy atom. The fourth-order valence-corrected chi connectivity index (χ4v) is 2.48. The zero-order valence-corrected chi connectivity index (χ0v) is 12.9. The molecule has 0 aliphatic carbocycles. The van der Waals surface area contributed by atoms with E-state index in [1.165, 1.54) is 0 Å². The third-order valence-electron chi connectivity index (χ3n) is 3.79. The minimum absolute atomic E-state index is 0.199. The van der Waals surface area contributed by atoms with E-state index < -0.39 is 6.10 Å². The minimum atomic E-state index is -0.506. The van der Waals surface area contributed by atoms with Gasteiger partial charge in [-0.05, 0) is 40.8 Å². The van der Waals surface area contributed by atoms with E-state index in [9.17, 15) is 5.11 Å². The Bertz CT molecular complexity index is 471. The molecule has 0 amide bonds. The summed E-state index contributed by atoms with van der Waals surface area (Å²) in [6.07, 6.45) is 0.180. The standard InChI is InChI=1S/C16H25NO3/c1-10(18)11(2)19-12-6-7-13-14(17-5)9-16(3,4)20-15(13)8-12/h6-8,10-11,14,17-18H,9H2,1-5H3. The SMILES string of the molecule is CNC1CC(C)(C)Oc2cc(OC(C)C(C)O)ccc21. The van der Waals surface area contributed by atoms with Crippen molar-refractivity contribution in [3.8, 4) is 11.5 Å². The van der Waals surface area contributed by atoms with E-state index >= 15 is 0 Å². The Hall–Kier alpha value is -1.26. The van der Waals surface area contributed by atoms with Crippen molar-refractivity contribution in [2.45, 2.75) is 58.0 Å². The summed E-state index contributed by atoms with van der Waals surface area (Å²) >= 11 is 0. The number of aliphatic hydroxyl groups excluding tert-OH is 1. The van der Waals surface area contributed by atoms with Crippen LogP contribution < -0.4 is 14.8 Å². The summed E-state index contributed by atoms with van der Waals surface area (Å²) in [5.41, 5.74) is 0.957. The molecule has 0 saturated carbocycles. The molecular formula is C16H25NO3. The van der Waals surface area contributed by atoms with E-state index in [-0.39, 0.29) is 17.7 Å². The van der Waals surface area contributed by atoms with Gasteiger partial charge >= 0.3 is 0 Å². The van der Waals surface area contributed by atoms with Crippen molar-refractivity contribution < 1.29 is 14.6 Å². The van der Waals surface area contributed by atoms with Gasteiger partial charge in [0.1, 0.15) is 23.2 Å². The first-order valence-corrected chi connectivity index (χ1v) is 7.17. The number of hydrogen-bond acceptors (Lipinski definition) is 4. The molecule has 0 spiro atoms. The van der Waals surface area contributed by atoms with Gasteiger partial charge in [0.2, 0.25) is 0 Å². The summed E-state index contributed by atoms with van der Waals surface area (Å²) < 4.78 is 11.8. The lowest BCUT2D eigenvalue weighted by Gasteiger charge is -2.37. The van der Waals surface area contributed by atoms with Crippen LogP contribution in [0.25, 0.3) is 0 Å². The van der Waals surface area contributed by atoms with Crippen LogP contribution in [0, 0.1) is 0 Å². The Morgan fingerprint density at radius 1 is 1.40 bits per heavy atom. The molecule has 4 nitrogen and oxygen atoms in total. The van der Waals surface area contributed by atoms with E-state index in [1.807, 2.05) is 32.2 Å². The molecule has 0 aromatic heterocycles. The van der Waals surface area contributed by atoms with Crippen LogP contribution in [0.5, 0.6) is 11.5 Å². The van der Waals surface area contributed by atoms with Crippen LogP contribution in [-0.4, -0.2) is 30.0 Å². The van der Waals surface area contributed by atoms with Crippen LogP contribution in [0.4, 0.5) is 0 Å². The van der Waals surface area contributed by atoms with Crippen molar-refractivity contribution in [2.24, 2.45) is 0 Å². The predicted octanol–water partition coefficient (Wildman–Crippen LogP) is 2.66. The molecule has 3 atom stereocenters. The van der Waals surface area contributed by atoms with E-state index in [2.05, 4.69) is 19.2 Å². The van der Waals surface area contributed by atoms with Gasteiger partial charge in [-0.15, -0.1) is 0 Å². The van der Waals surface area contributed by atoms with E-state index in [0.717, 1.165) is 23.5 Å². The van der Waals surface area contributed by atoms with Crippen molar-refractivity contribution in [1.29, 1.82) is 0 Å². The number of benzene rings is 1. The molecule has 3 unspecified atom stereocenters. The number of hydrogen-bond donors (Lipinski definition) is 2. The highest BCUT2D eigenvalue weighted by Crippen LogP contribution is 2.41. The first kappa shape index (κ1) is 15.1. The molecule has 112 valence electrons. The second-order valence-electron chi connectivity index (χ2n) is 6.17. The lowest BCUT2D eigenvalue weighted by Crippen LogP contribution is -2.38. The van der Waals surface area contributed by atoms with Crippen molar-refractivity contribution in [3.05, 3.63) is 23.8 Å². The van der Waals surface area contributed by atoms with Gasteiger partial charge in [0.15, 0.2) is 0 Å². The summed E-state index contributed by atoms with van der Waals surface area (Å²) in [4.78, 5) is 0. The normalized spacial score (nSPS) is 23.4. The van der Waals surface area contributed by atoms with Gasteiger partial charge in [-0.25, -0.2) is 0 Å². The van der Waals surface area contributed by atoms with E-state index in [1.54, 1.807) is 6.92 Å². The van der Waals surface area contributed by atoms with Gasteiger partial charge < -0.3 is 19.9 Å². The number of aliphatic hydroxyl groups is 1. The summed E-state index contributed by atoms with van der Waals surface area (Å²) in [6, 6.07) is 6.18. The molecule has 4 heteroatoms. The maximum atomic E-state index is 9.52. The average Bonchev–Trinajstić information content (AvgIpc) is 2.36. The maximum absolute atomic E-state index is 9.52. The Kier molecular flexibility index (Phi) is 4.25. The second-order valence-corrected chi connectivity index (χ2v) is 6.17. The Morgan fingerprint density at radius 3 is 2.70 bits per heavy atom. The predicted molar refractivity (Wildman–Crippen MR) is 79.3 cm³/mol. The highest BCUT2D eigenvalue weighted by molar-refractivity contribution is 5.44. The largest absolute Gasteiger partial charge is 0.488 e. The fourth-order valence-electron chi connectivity index (χ4n) is 2.48. The number of nitrogens with one attached hydrogen (secondary N) is 1. The summed E-state index contributed by atoms with van der Waals surface area (Å²) in [7, 11) is 1.97. The highest BCUT2D eigenvalue weighted by atomic mass is 16.5. The molecule has 0 bridgehead atoms. The van der Waals surface area contributed by atoms with Crippen LogP contribution in [0.1, 0.15) is 45.7 Å². The van der Waals surface area contributed by atoms with Crippen molar-refractivity contribution in [3.63, 3.8) is 0 Å². The third kappa shape index (κ3) is 3.25. The Balaban J connectivity index is 2.26. The number of fused-ring (bicyclic) bond motifs is 1. The second kappa shape index (κ2) is 5.62. The molecule has 1 heterocycles. The van der Waals surface area contributed by atoms with Crippen LogP contribution in [0.3, 0.4) is 0 Å². The van der Waals surface area contributed by atoms with E-state index in [4.69, 9.17) is 9.47 Å². The first-order valence-electron chi connectivity index (χ1n) is 7.17. The van der Waals surface area contributed by atoms with Crippen LogP contribution in [0.15, 0.2) is 18.2 Å². The molecule has 1 aromatic rings. The number of rotatable bonds is 4. The highest BCUT2D eigenvalue weighted by Gasteiger charge is 2.33. The Labute approximate surface area is 121 Å². The lowest BCUT2D eigenvalue weighted by atomic mass is 9.90. The van der Waals surface area contributed by atoms with Crippen LogP contribution in [0.2, 0.25) is 0 Å².